The number of carbonyl (C=O) groups excluding carboxylic acids is 2. The molecule has 0 unspecified atom stereocenters. The maximum Gasteiger partial charge on any atom is 0.242 e. The van der Waals surface area contributed by atoms with Gasteiger partial charge in [0.25, 0.3) is 0 Å². The SMILES string of the molecule is C[C@H](C(=O)NC(C)(C)C)N(CCc1ccccc1)C(=O)CSCc1ccc(Cl)cc1Cl. The molecule has 0 heterocycles. The number of nitrogens with zero attached hydrogens (tertiary/aromatic N) is 1. The standard InChI is InChI=1S/C24H30Cl2N2O2S/c1-17(23(30)27-24(2,3)4)28(13-12-18-8-6-5-7-9-18)22(29)16-31-15-19-10-11-20(25)14-21(19)26/h5-11,14,17H,12-13,15-16H2,1-4H3,(H,27,30)/t17-/m1/s1. The molecule has 0 radical (unpaired) electrons. The zero-order valence-electron chi connectivity index (χ0n) is 18.5. The summed E-state index contributed by atoms with van der Waals surface area (Å²) in [7, 11) is 0. The molecule has 4 nitrogen and oxygen atoms in total. The lowest BCUT2D eigenvalue weighted by molar-refractivity contribution is -0.138. The second-order valence-electron chi connectivity index (χ2n) is 8.47. The number of thioether (sulfide) groups is 1. The number of carbonyl (C=O) groups is 2. The van der Waals surface area contributed by atoms with Crippen molar-refractivity contribution in [3.63, 3.8) is 0 Å². The van der Waals surface area contributed by atoms with Gasteiger partial charge >= 0.3 is 0 Å². The van der Waals surface area contributed by atoms with Gasteiger partial charge in [-0.2, -0.15) is 0 Å². The first-order valence-electron chi connectivity index (χ1n) is 10.2. The van der Waals surface area contributed by atoms with Crippen LogP contribution in [0.25, 0.3) is 0 Å². The van der Waals surface area contributed by atoms with Crippen molar-refractivity contribution in [1.82, 2.24) is 10.2 Å². The Morgan fingerprint density at radius 2 is 1.77 bits per heavy atom. The van der Waals surface area contributed by atoms with E-state index in [0.29, 0.717) is 28.8 Å². The van der Waals surface area contributed by atoms with E-state index in [1.165, 1.54) is 11.8 Å². The molecule has 1 atom stereocenters. The molecule has 0 saturated carbocycles. The Labute approximate surface area is 199 Å². The molecule has 2 aromatic rings. The normalized spacial score (nSPS) is 12.3. The monoisotopic (exact) mass is 480 g/mol. The van der Waals surface area contributed by atoms with Gasteiger partial charge in [0.1, 0.15) is 6.04 Å². The summed E-state index contributed by atoms with van der Waals surface area (Å²) in [6, 6.07) is 14.8. The summed E-state index contributed by atoms with van der Waals surface area (Å²) in [5, 5.41) is 4.15. The molecule has 168 valence electrons. The summed E-state index contributed by atoms with van der Waals surface area (Å²) in [5.41, 5.74) is 1.70. The lowest BCUT2D eigenvalue weighted by atomic mass is 10.1. The van der Waals surface area contributed by atoms with E-state index in [4.69, 9.17) is 23.2 Å². The highest BCUT2D eigenvalue weighted by Crippen LogP contribution is 2.25. The van der Waals surface area contributed by atoms with Crippen LogP contribution >= 0.6 is 35.0 Å². The first kappa shape index (κ1) is 25.6. The molecular formula is C24H30Cl2N2O2S. The molecule has 0 aliphatic rings. The predicted molar refractivity (Wildman–Crippen MR) is 132 cm³/mol. The van der Waals surface area contributed by atoms with Crippen LogP contribution < -0.4 is 5.32 Å². The van der Waals surface area contributed by atoms with Gasteiger partial charge in [0.05, 0.1) is 5.75 Å². The van der Waals surface area contributed by atoms with Crippen molar-refractivity contribution in [2.75, 3.05) is 12.3 Å². The first-order chi connectivity index (χ1) is 14.6. The molecule has 7 heteroatoms. The Morgan fingerprint density at radius 3 is 2.39 bits per heavy atom. The topological polar surface area (TPSA) is 49.4 Å². The number of amides is 2. The molecule has 1 N–H and O–H groups in total. The molecule has 2 aromatic carbocycles. The Hall–Kier alpha value is -1.69. The van der Waals surface area contributed by atoms with Gasteiger partial charge in [0.2, 0.25) is 11.8 Å². The second-order valence-corrected chi connectivity index (χ2v) is 10.3. The van der Waals surface area contributed by atoms with Crippen molar-refractivity contribution in [2.45, 2.75) is 51.4 Å². The van der Waals surface area contributed by atoms with Crippen LogP contribution in [-0.4, -0.2) is 40.6 Å². The Kier molecular flexibility index (Phi) is 9.73. The van der Waals surface area contributed by atoms with E-state index in [-0.39, 0.29) is 23.1 Å². The summed E-state index contributed by atoms with van der Waals surface area (Å²) in [6.45, 7) is 8.05. The third-order valence-electron chi connectivity index (χ3n) is 4.65. The highest BCUT2D eigenvalue weighted by molar-refractivity contribution is 7.99. The number of nitrogens with one attached hydrogen (secondary N) is 1. The van der Waals surface area contributed by atoms with E-state index >= 15 is 0 Å². The quantitative estimate of drug-likeness (QED) is 0.507. The molecule has 0 spiro atoms. The highest BCUT2D eigenvalue weighted by atomic mass is 35.5. The van der Waals surface area contributed by atoms with Crippen molar-refractivity contribution in [3.8, 4) is 0 Å². The summed E-state index contributed by atoms with van der Waals surface area (Å²) in [5.74, 6) is 0.639. The van der Waals surface area contributed by atoms with Crippen molar-refractivity contribution < 1.29 is 9.59 Å². The minimum atomic E-state index is -0.560. The minimum absolute atomic E-state index is 0.0671. The van der Waals surface area contributed by atoms with Crippen molar-refractivity contribution >= 4 is 46.8 Å². The fourth-order valence-corrected chi connectivity index (χ4v) is 4.48. The van der Waals surface area contributed by atoms with E-state index in [1.54, 1.807) is 24.0 Å². The zero-order valence-corrected chi connectivity index (χ0v) is 20.8. The van der Waals surface area contributed by atoms with Crippen LogP contribution in [0.3, 0.4) is 0 Å². The van der Waals surface area contributed by atoms with Crippen LogP contribution in [0, 0.1) is 0 Å². The van der Waals surface area contributed by atoms with Crippen LogP contribution in [0.4, 0.5) is 0 Å². The molecule has 2 amide bonds. The summed E-state index contributed by atoms with van der Waals surface area (Å²) in [4.78, 5) is 27.5. The van der Waals surface area contributed by atoms with E-state index in [1.807, 2.05) is 57.2 Å². The van der Waals surface area contributed by atoms with Crippen LogP contribution in [-0.2, 0) is 21.8 Å². The van der Waals surface area contributed by atoms with Gasteiger partial charge < -0.3 is 10.2 Å². The fraction of sp³-hybridized carbons (Fsp3) is 0.417. The minimum Gasteiger partial charge on any atom is -0.350 e. The summed E-state index contributed by atoms with van der Waals surface area (Å²) in [6.07, 6.45) is 0.688. The summed E-state index contributed by atoms with van der Waals surface area (Å²) < 4.78 is 0. The van der Waals surface area contributed by atoms with E-state index < -0.39 is 6.04 Å². The number of rotatable bonds is 9. The molecule has 0 bridgehead atoms. The molecule has 0 aliphatic carbocycles. The number of hydrogen-bond acceptors (Lipinski definition) is 3. The molecule has 0 saturated heterocycles. The predicted octanol–water partition coefficient (Wildman–Crippen LogP) is 5.60. The first-order valence-corrected chi connectivity index (χ1v) is 12.1. The molecule has 0 aromatic heterocycles. The average Bonchev–Trinajstić information content (AvgIpc) is 2.69. The van der Waals surface area contributed by atoms with Gasteiger partial charge in [-0.25, -0.2) is 0 Å². The zero-order chi connectivity index (χ0) is 23.0. The molecular weight excluding hydrogens is 451 g/mol. The molecule has 0 aliphatic heterocycles. The largest absolute Gasteiger partial charge is 0.350 e. The molecule has 2 rings (SSSR count). The third kappa shape index (κ3) is 8.76. The number of halogens is 2. The molecule has 31 heavy (non-hydrogen) atoms. The van der Waals surface area contributed by atoms with Gasteiger partial charge in [0, 0.05) is 27.9 Å². The van der Waals surface area contributed by atoms with Crippen LogP contribution in [0.1, 0.15) is 38.8 Å². The van der Waals surface area contributed by atoms with E-state index in [2.05, 4.69) is 5.32 Å². The van der Waals surface area contributed by atoms with Crippen molar-refractivity contribution in [3.05, 3.63) is 69.7 Å². The fourth-order valence-electron chi connectivity index (χ4n) is 3.01. The highest BCUT2D eigenvalue weighted by Gasteiger charge is 2.27. The Morgan fingerprint density at radius 1 is 1.10 bits per heavy atom. The van der Waals surface area contributed by atoms with Crippen LogP contribution in [0.2, 0.25) is 10.0 Å². The Bertz CT molecular complexity index is 885. The lowest BCUT2D eigenvalue weighted by Gasteiger charge is -2.31. The van der Waals surface area contributed by atoms with Gasteiger partial charge in [-0.3, -0.25) is 9.59 Å². The van der Waals surface area contributed by atoms with Crippen LogP contribution in [0.5, 0.6) is 0 Å². The van der Waals surface area contributed by atoms with Gasteiger partial charge in [-0.1, -0.05) is 59.6 Å². The Balaban J connectivity index is 2.04. The van der Waals surface area contributed by atoms with Gasteiger partial charge in [-0.05, 0) is 57.4 Å². The summed E-state index contributed by atoms with van der Waals surface area (Å²) >= 11 is 13.7. The van der Waals surface area contributed by atoms with Crippen molar-refractivity contribution in [2.24, 2.45) is 0 Å². The van der Waals surface area contributed by atoms with E-state index in [0.717, 1.165) is 11.1 Å². The maximum atomic E-state index is 13.1. The molecule has 0 fully saturated rings. The van der Waals surface area contributed by atoms with Crippen LogP contribution in [0.15, 0.2) is 48.5 Å². The smallest absolute Gasteiger partial charge is 0.242 e. The van der Waals surface area contributed by atoms with E-state index in [9.17, 15) is 9.59 Å². The average molecular weight is 481 g/mol. The third-order valence-corrected chi connectivity index (χ3v) is 6.20. The number of benzene rings is 2. The number of hydrogen-bond donors (Lipinski definition) is 1. The second kappa shape index (κ2) is 11.8. The van der Waals surface area contributed by atoms with Gasteiger partial charge in [0.15, 0.2) is 0 Å². The van der Waals surface area contributed by atoms with Crippen molar-refractivity contribution in [1.29, 1.82) is 0 Å². The maximum absolute atomic E-state index is 13.1. The lowest BCUT2D eigenvalue weighted by Crippen LogP contribution is -2.53. The van der Waals surface area contributed by atoms with Gasteiger partial charge in [-0.15, -0.1) is 11.8 Å².